The van der Waals surface area contributed by atoms with Gasteiger partial charge in [0.15, 0.2) is 5.56 Å². The minimum atomic E-state index is -0.326. The van der Waals surface area contributed by atoms with Crippen molar-refractivity contribution in [1.29, 1.82) is 5.26 Å². The molecule has 0 bridgehead atoms. The second-order valence-corrected chi connectivity index (χ2v) is 5.90. The van der Waals surface area contributed by atoms with Crippen LogP contribution in [0.4, 0.5) is 5.82 Å². The SMILES string of the molecule is COc1cccc(COc2nn(C(C)(C)C)c(N)c2C#N)c1. The third kappa shape index (κ3) is 3.14. The van der Waals surface area contributed by atoms with Crippen molar-refractivity contribution in [2.75, 3.05) is 12.8 Å². The van der Waals surface area contributed by atoms with Gasteiger partial charge in [0, 0.05) is 0 Å². The van der Waals surface area contributed by atoms with Crippen LogP contribution in [-0.4, -0.2) is 16.9 Å². The van der Waals surface area contributed by atoms with Crippen molar-refractivity contribution in [1.82, 2.24) is 9.78 Å². The van der Waals surface area contributed by atoms with Gasteiger partial charge in [0.05, 0.1) is 12.6 Å². The summed E-state index contributed by atoms with van der Waals surface area (Å²) in [6.45, 7) is 6.17. The Hall–Kier alpha value is -2.68. The fraction of sp³-hybridized carbons (Fsp3) is 0.375. The minimum absolute atomic E-state index is 0.248. The maximum atomic E-state index is 9.27. The van der Waals surface area contributed by atoms with Crippen molar-refractivity contribution in [2.24, 2.45) is 0 Å². The lowest BCUT2D eigenvalue weighted by Crippen LogP contribution is -2.24. The van der Waals surface area contributed by atoms with Gasteiger partial charge in [0.25, 0.3) is 5.88 Å². The maximum Gasteiger partial charge on any atom is 0.253 e. The van der Waals surface area contributed by atoms with Crippen molar-refractivity contribution in [2.45, 2.75) is 32.9 Å². The average molecular weight is 300 g/mol. The van der Waals surface area contributed by atoms with Crippen LogP contribution < -0.4 is 15.2 Å². The highest BCUT2D eigenvalue weighted by molar-refractivity contribution is 5.55. The van der Waals surface area contributed by atoms with Crippen LogP contribution >= 0.6 is 0 Å². The van der Waals surface area contributed by atoms with Gasteiger partial charge in [-0.05, 0) is 38.5 Å². The summed E-state index contributed by atoms with van der Waals surface area (Å²) < 4.78 is 12.5. The van der Waals surface area contributed by atoms with Crippen LogP contribution in [0.5, 0.6) is 11.6 Å². The molecular formula is C16H20N4O2. The lowest BCUT2D eigenvalue weighted by molar-refractivity contribution is 0.276. The van der Waals surface area contributed by atoms with Gasteiger partial charge in [0.1, 0.15) is 24.2 Å². The van der Waals surface area contributed by atoms with Crippen LogP contribution in [0.15, 0.2) is 24.3 Å². The fourth-order valence-corrected chi connectivity index (χ4v) is 2.04. The number of nitrogens with two attached hydrogens (primary N) is 1. The lowest BCUT2D eigenvalue weighted by atomic mass is 10.1. The standard InChI is InChI=1S/C16H20N4O2/c1-16(2,3)20-14(18)13(9-17)15(19-20)22-10-11-6-5-7-12(8-11)21-4/h5-8H,10,18H2,1-4H3. The lowest BCUT2D eigenvalue weighted by Gasteiger charge is -2.20. The van der Waals surface area contributed by atoms with Crippen molar-refractivity contribution < 1.29 is 9.47 Å². The Morgan fingerprint density at radius 3 is 2.68 bits per heavy atom. The number of hydrogen-bond donors (Lipinski definition) is 1. The summed E-state index contributed by atoms with van der Waals surface area (Å²) in [7, 11) is 1.61. The molecule has 2 rings (SSSR count). The van der Waals surface area contributed by atoms with Crippen LogP contribution in [0, 0.1) is 11.3 Å². The molecule has 116 valence electrons. The van der Waals surface area contributed by atoms with Gasteiger partial charge < -0.3 is 15.2 Å². The minimum Gasteiger partial charge on any atom is -0.497 e. The number of ether oxygens (including phenoxy) is 2. The number of nitrogens with zero attached hydrogens (tertiary/aromatic N) is 3. The van der Waals surface area contributed by atoms with Gasteiger partial charge in [-0.1, -0.05) is 12.1 Å². The predicted octanol–water partition coefficient (Wildman–Crippen LogP) is 2.68. The topological polar surface area (TPSA) is 86.1 Å². The van der Waals surface area contributed by atoms with Gasteiger partial charge in [-0.2, -0.15) is 5.26 Å². The number of benzene rings is 1. The van der Waals surface area contributed by atoms with Gasteiger partial charge in [-0.25, -0.2) is 4.68 Å². The molecule has 0 fully saturated rings. The number of anilines is 1. The molecule has 22 heavy (non-hydrogen) atoms. The van der Waals surface area contributed by atoms with Crippen LogP contribution in [-0.2, 0) is 12.1 Å². The van der Waals surface area contributed by atoms with E-state index in [9.17, 15) is 5.26 Å². The second-order valence-electron chi connectivity index (χ2n) is 5.90. The second kappa shape index (κ2) is 5.98. The van der Waals surface area contributed by atoms with Crippen LogP contribution in [0.3, 0.4) is 0 Å². The summed E-state index contributed by atoms with van der Waals surface area (Å²) in [5.41, 5.74) is 6.85. The molecule has 0 radical (unpaired) electrons. The third-order valence-corrected chi connectivity index (χ3v) is 3.15. The molecule has 2 aromatic rings. The highest BCUT2D eigenvalue weighted by Crippen LogP contribution is 2.28. The number of methoxy groups -OCH3 is 1. The molecule has 0 spiro atoms. The molecule has 1 heterocycles. The maximum absolute atomic E-state index is 9.27. The molecule has 0 saturated carbocycles. The normalized spacial score (nSPS) is 11.0. The van der Waals surface area contributed by atoms with Gasteiger partial charge in [-0.3, -0.25) is 0 Å². The van der Waals surface area contributed by atoms with Crippen LogP contribution in [0.25, 0.3) is 0 Å². The molecule has 0 amide bonds. The molecule has 1 aromatic carbocycles. The zero-order chi connectivity index (χ0) is 16.3. The first-order chi connectivity index (χ1) is 10.4. The summed E-state index contributed by atoms with van der Waals surface area (Å²) in [6.07, 6.45) is 0. The number of nitrogen functional groups attached to an aromatic ring is 1. The first-order valence-corrected chi connectivity index (χ1v) is 6.91. The number of hydrogen-bond acceptors (Lipinski definition) is 5. The fourth-order valence-electron chi connectivity index (χ4n) is 2.04. The Morgan fingerprint density at radius 1 is 1.36 bits per heavy atom. The van der Waals surface area contributed by atoms with Gasteiger partial charge in [-0.15, -0.1) is 5.10 Å². The predicted molar refractivity (Wildman–Crippen MR) is 83.7 cm³/mol. The summed E-state index contributed by atoms with van der Waals surface area (Å²) in [6, 6.07) is 9.58. The van der Waals surface area contributed by atoms with E-state index >= 15 is 0 Å². The molecule has 6 nitrogen and oxygen atoms in total. The summed E-state index contributed by atoms with van der Waals surface area (Å²) in [5, 5.41) is 13.6. The number of aromatic nitrogens is 2. The van der Waals surface area contributed by atoms with Gasteiger partial charge in [0.2, 0.25) is 0 Å². The van der Waals surface area contributed by atoms with Gasteiger partial charge >= 0.3 is 0 Å². The molecule has 0 aliphatic carbocycles. The van der Waals surface area contributed by atoms with E-state index in [0.717, 1.165) is 11.3 Å². The van der Waals surface area contributed by atoms with Crippen molar-refractivity contribution in [3.05, 3.63) is 35.4 Å². The molecule has 0 saturated heterocycles. The van der Waals surface area contributed by atoms with E-state index in [-0.39, 0.29) is 23.6 Å². The summed E-state index contributed by atoms with van der Waals surface area (Å²) in [4.78, 5) is 0. The number of rotatable bonds is 4. The van der Waals surface area contributed by atoms with Crippen molar-refractivity contribution in [3.8, 4) is 17.7 Å². The van der Waals surface area contributed by atoms with Crippen molar-refractivity contribution in [3.63, 3.8) is 0 Å². The van der Waals surface area contributed by atoms with E-state index < -0.39 is 0 Å². The number of nitriles is 1. The Bertz CT molecular complexity index is 708. The highest BCUT2D eigenvalue weighted by Gasteiger charge is 2.24. The van der Waals surface area contributed by atoms with E-state index in [1.807, 2.05) is 45.0 Å². The quantitative estimate of drug-likeness (QED) is 0.938. The third-order valence-electron chi connectivity index (χ3n) is 3.15. The highest BCUT2D eigenvalue weighted by atomic mass is 16.5. The molecular weight excluding hydrogens is 280 g/mol. The molecule has 0 aliphatic heterocycles. The monoisotopic (exact) mass is 300 g/mol. The Kier molecular flexibility index (Phi) is 4.27. The van der Waals surface area contributed by atoms with E-state index in [0.29, 0.717) is 5.82 Å². The van der Waals surface area contributed by atoms with E-state index in [4.69, 9.17) is 15.2 Å². The largest absolute Gasteiger partial charge is 0.497 e. The molecule has 0 aliphatic rings. The molecule has 2 N–H and O–H groups in total. The average Bonchev–Trinajstić information content (AvgIpc) is 2.81. The first kappa shape index (κ1) is 15.7. The Morgan fingerprint density at radius 2 is 2.09 bits per heavy atom. The molecule has 0 atom stereocenters. The molecule has 0 unspecified atom stereocenters. The van der Waals surface area contributed by atoms with Crippen LogP contribution in [0.2, 0.25) is 0 Å². The smallest absolute Gasteiger partial charge is 0.253 e. The van der Waals surface area contributed by atoms with Crippen LogP contribution in [0.1, 0.15) is 31.9 Å². The molecule has 6 heteroatoms. The Labute approximate surface area is 130 Å². The summed E-state index contributed by atoms with van der Waals surface area (Å²) in [5.74, 6) is 1.31. The van der Waals surface area contributed by atoms with E-state index in [2.05, 4.69) is 11.2 Å². The van der Waals surface area contributed by atoms with E-state index in [1.165, 1.54) is 0 Å². The zero-order valence-electron chi connectivity index (χ0n) is 13.3. The Balaban J connectivity index is 2.24. The molecule has 1 aromatic heterocycles. The zero-order valence-corrected chi connectivity index (χ0v) is 13.3. The van der Waals surface area contributed by atoms with E-state index in [1.54, 1.807) is 11.8 Å². The van der Waals surface area contributed by atoms with Crippen molar-refractivity contribution >= 4 is 5.82 Å². The summed E-state index contributed by atoms with van der Waals surface area (Å²) >= 11 is 0. The first-order valence-electron chi connectivity index (χ1n) is 6.91.